The van der Waals surface area contributed by atoms with Crippen LogP contribution in [-0.2, 0) is 6.42 Å². The number of aryl methyl sites for hydroxylation is 1. The van der Waals surface area contributed by atoms with Crippen molar-refractivity contribution in [3.8, 4) is 5.75 Å². The second-order valence-electron chi connectivity index (χ2n) is 2.68. The van der Waals surface area contributed by atoms with Gasteiger partial charge in [-0.1, -0.05) is 26.2 Å². The molecule has 12 heavy (non-hydrogen) atoms. The van der Waals surface area contributed by atoms with E-state index in [1.807, 2.05) is 0 Å². The predicted molar refractivity (Wildman–Crippen MR) is 45.6 cm³/mol. The standard InChI is InChI=1S/C10H13O.K/c1-2-3-5-9-6-4-7-10(11)8-9;/h4,7-8,11H,2-3,5H2,1H3;/q-1;+1. The summed E-state index contributed by atoms with van der Waals surface area (Å²) in [5.74, 6) is 0.342. The van der Waals surface area contributed by atoms with Crippen LogP contribution in [0.15, 0.2) is 18.2 Å². The van der Waals surface area contributed by atoms with Crippen LogP contribution in [0.3, 0.4) is 0 Å². The Balaban J connectivity index is 0.00000121. The van der Waals surface area contributed by atoms with Gasteiger partial charge in [0.05, 0.1) is 0 Å². The predicted octanol–water partition coefficient (Wildman–Crippen LogP) is -0.461. The van der Waals surface area contributed by atoms with Crippen LogP contribution in [0.25, 0.3) is 0 Å². The summed E-state index contributed by atoms with van der Waals surface area (Å²) in [5, 5.41) is 9.09. The van der Waals surface area contributed by atoms with Gasteiger partial charge in [0.2, 0.25) is 0 Å². The molecule has 0 saturated heterocycles. The smallest absolute Gasteiger partial charge is 0.533 e. The molecule has 0 heterocycles. The molecule has 0 aromatic heterocycles. The molecule has 0 fully saturated rings. The van der Waals surface area contributed by atoms with Crippen LogP contribution in [0.5, 0.6) is 5.75 Å². The molecular formula is C10H13KO. The Hall–Kier alpha value is 0.656. The number of rotatable bonds is 3. The van der Waals surface area contributed by atoms with Gasteiger partial charge < -0.3 is 5.11 Å². The maximum Gasteiger partial charge on any atom is 1.00 e. The van der Waals surface area contributed by atoms with Crippen LogP contribution in [0.1, 0.15) is 25.3 Å². The molecule has 1 rings (SSSR count). The van der Waals surface area contributed by atoms with Crippen molar-refractivity contribution >= 4 is 0 Å². The Morgan fingerprint density at radius 3 is 2.83 bits per heavy atom. The molecule has 0 aliphatic carbocycles. The molecular weight excluding hydrogens is 175 g/mol. The van der Waals surface area contributed by atoms with Gasteiger partial charge in [-0.3, -0.25) is 0 Å². The second kappa shape index (κ2) is 7.10. The third kappa shape index (κ3) is 4.63. The number of unbranched alkanes of at least 4 members (excludes halogenated alkanes) is 1. The van der Waals surface area contributed by atoms with E-state index >= 15 is 0 Å². The van der Waals surface area contributed by atoms with Crippen LogP contribution in [-0.4, -0.2) is 5.11 Å². The van der Waals surface area contributed by atoms with Crippen LogP contribution >= 0.6 is 0 Å². The van der Waals surface area contributed by atoms with E-state index < -0.39 is 0 Å². The van der Waals surface area contributed by atoms with E-state index in [-0.39, 0.29) is 51.4 Å². The molecule has 0 radical (unpaired) electrons. The van der Waals surface area contributed by atoms with Crippen LogP contribution < -0.4 is 51.4 Å². The number of aromatic hydroxyl groups is 1. The number of phenols is 1. The van der Waals surface area contributed by atoms with Gasteiger partial charge in [0, 0.05) is 5.75 Å². The van der Waals surface area contributed by atoms with Crippen molar-refractivity contribution in [2.45, 2.75) is 26.2 Å². The van der Waals surface area contributed by atoms with Gasteiger partial charge in [-0.15, -0.1) is 12.1 Å². The molecule has 2 heteroatoms. The molecule has 0 saturated carbocycles. The topological polar surface area (TPSA) is 20.2 Å². The largest absolute Gasteiger partial charge is 1.00 e. The Morgan fingerprint density at radius 2 is 2.25 bits per heavy atom. The van der Waals surface area contributed by atoms with Crippen LogP contribution in [0.2, 0.25) is 0 Å². The molecule has 0 bridgehead atoms. The molecule has 1 nitrogen and oxygen atoms in total. The average Bonchev–Trinajstić information content (AvgIpc) is 2.01. The number of phenolic OH excluding ortho intramolecular Hbond substituents is 1. The normalized spacial score (nSPS) is 9.08. The van der Waals surface area contributed by atoms with E-state index in [2.05, 4.69) is 13.0 Å². The van der Waals surface area contributed by atoms with Crippen molar-refractivity contribution in [2.24, 2.45) is 0 Å². The van der Waals surface area contributed by atoms with E-state index in [1.54, 1.807) is 18.2 Å². The first-order valence-electron chi connectivity index (χ1n) is 4.02. The van der Waals surface area contributed by atoms with Crippen LogP contribution in [0, 0.1) is 6.07 Å². The van der Waals surface area contributed by atoms with Gasteiger partial charge in [-0.2, -0.15) is 17.7 Å². The summed E-state index contributed by atoms with van der Waals surface area (Å²) in [7, 11) is 0. The monoisotopic (exact) mass is 188 g/mol. The first-order valence-corrected chi connectivity index (χ1v) is 4.02. The van der Waals surface area contributed by atoms with Gasteiger partial charge in [0.1, 0.15) is 0 Å². The molecule has 0 amide bonds. The van der Waals surface area contributed by atoms with Crippen molar-refractivity contribution in [2.75, 3.05) is 0 Å². The molecule has 1 aromatic carbocycles. The maximum atomic E-state index is 9.09. The van der Waals surface area contributed by atoms with E-state index in [4.69, 9.17) is 5.11 Å². The first-order chi connectivity index (χ1) is 5.33. The zero-order valence-corrected chi connectivity index (χ0v) is 10.9. The summed E-state index contributed by atoms with van der Waals surface area (Å²) in [6, 6.07) is 8.27. The van der Waals surface area contributed by atoms with Crippen molar-refractivity contribution in [1.29, 1.82) is 0 Å². The summed E-state index contributed by atoms with van der Waals surface area (Å²) in [5.41, 5.74) is 1.10. The zero-order chi connectivity index (χ0) is 8.10. The summed E-state index contributed by atoms with van der Waals surface area (Å²) >= 11 is 0. The first kappa shape index (κ1) is 12.7. The number of hydrogen-bond donors (Lipinski definition) is 1. The van der Waals surface area contributed by atoms with E-state index in [9.17, 15) is 0 Å². The van der Waals surface area contributed by atoms with Gasteiger partial charge in [0.25, 0.3) is 0 Å². The van der Waals surface area contributed by atoms with E-state index in [1.165, 1.54) is 12.8 Å². The molecule has 60 valence electrons. The summed E-state index contributed by atoms with van der Waals surface area (Å²) in [4.78, 5) is 0. The summed E-state index contributed by atoms with van der Waals surface area (Å²) < 4.78 is 0. The van der Waals surface area contributed by atoms with Crippen molar-refractivity contribution in [3.05, 3.63) is 29.8 Å². The SMILES string of the molecule is CCCCc1[c-]ccc(O)c1.[K+]. The fraction of sp³-hybridized carbons (Fsp3) is 0.400. The minimum absolute atomic E-state index is 0. The minimum Gasteiger partial charge on any atom is -0.533 e. The van der Waals surface area contributed by atoms with Gasteiger partial charge >= 0.3 is 51.4 Å². The maximum absolute atomic E-state index is 9.09. The summed E-state index contributed by atoms with van der Waals surface area (Å²) in [6.45, 7) is 2.16. The Labute approximate surface area is 117 Å². The fourth-order valence-electron chi connectivity index (χ4n) is 1.01. The van der Waals surface area contributed by atoms with Crippen molar-refractivity contribution in [3.63, 3.8) is 0 Å². The summed E-state index contributed by atoms with van der Waals surface area (Å²) in [6.07, 6.45) is 3.37. The van der Waals surface area contributed by atoms with Gasteiger partial charge in [-0.05, 0) is 0 Å². The Kier molecular flexibility index (Phi) is 7.49. The zero-order valence-electron chi connectivity index (χ0n) is 7.80. The van der Waals surface area contributed by atoms with Crippen LogP contribution in [0.4, 0.5) is 0 Å². The Morgan fingerprint density at radius 1 is 1.50 bits per heavy atom. The van der Waals surface area contributed by atoms with Gasteiger partial charge in [0.15, 0.2) is 0 Å². The quantitative estimate of drug-likeness (QED) is 0.503. The number of benzene rings is 1. The molecule has 1 aromatic rings. The number of hydrogen-bond acceptors (Lipinski definition) is 1. The fourth-order valence-corrected chi connectivity index (χ4v) is 1.01. The minimum atomic E-state index is 0. The second-order valence-corrected chi connectivity index (χ2v) is 2.68. The molecule has 0 unspecified atom stereocenters. The van der Waals surface area contributed by atoms with Crippen molar-refractivity contribution in [1.82, 2.24) is 0 Å². The van der Waals surface area contributed by atoms with Gasteiger partial charge in [-0.25, -0.2) is 0 Å². The Bertz CT molecular complexity index is 223. The van der Waals surface area contributed by atoms with Crippen molar-refractivity contribution < 1.29 is 56.5 Å². The molecule has 0 atom stereocenters. The van der Waals surface area contributed by atoms with E-state index in [0.29, 0.717) is 5.75 Å². The molecule has 0 aliphatic heterocycles. The molecule has 0 spiro atoms. The average molecular weight is 188 g/mol. The molecule has 1 N–H and O–H groups in total. The van der Waals surface area contributed by atoms with E-state index in [0.717, 1.165) is 12.0 Å². The third-order valence-corrected chi connectivity index (χ3v) is 1.64. The molecule has 0 aliphatic rings. The third-order valence-electron chi connectivity index (χ3n) is 1.64.